The van der Waals surface area contributed by atoms with Gasteiger partial charge >= 0.3 is 11.8 Å². The van der Waals surface area contributed by atoms with Crippen LogP contribution in [0.25, 0.3) is 0 Å². The minimum absolute atomic E-state index is 0.0473. The Morgan fingerprint density at radius 1 is 1.12 bits per heavy atom. The first-order valence-corrected chi connectivity index (χ1v) is 10.2. The molecule has 1 aromatic heterocycles. The monoisotopic (exact) mass is 390 g/mol. The highest BCUT2D eigenvalue weighted by molar-refractivity contribution is 7.10. The van der Waals surface area contributed by atoms with Crippen molar-refractivity contribution >= 4 is 40.4 Å². The van der Waals surface area contributed by atoms with Gasteiger partial charge in [-0.2, -0.15) is 0 Å². The fraction of sp³-hybridized carbons (Fsp3) is 0.400. The molecule has 1 fully saturated rings. The summed E-state index contributed by atoms with van der Waals surface area (Å²) in [7, 11) is 0. The van der Waals surface area contributed by atoms with Gasteiger partial charge < -0.3 is 10.6 Å². The number of amides is 2. The van der Waals surface area contributed by atoms with Crippen LogP contribution in [0.3, 0.4) is 0 Å². The van der Waals surface area contributed by atoms with Crippen molar-refractivity contribution in [2.24, 2.45) is 0 Å². The molecule has 2 N–H and O–H groups in total. The summed E-state index contributed by atoms with van der Waals surface area (Å²) in [5, 5.41) is 8.14. The number of thiophene rings is 1. The number of hydrogen-bond acceptors (Lipinski definition) is 3. The maximum absolute atomic E-state index is 12.3. The normalized spacial score (nSPS) is 16.1. The van der Waals surface area contributed by atoms with Gasteiger partial charge in [0.05, 0.1) is 0 Å². The minimum Gasteiger partial charge on any atom is -0.347 e. The van der Waals surface area contributed by atoms with E-state index < -0.39 is 11.8 Å². The molecule has 3 rings (SSSR count). The molecule has 138 valence electrons. The Morgan fingerprint density at radius 3 is 2.58 bits per heavy atom. The largest absolute Gasteiger partial charge is 0.347 e. The van der Waals surface area contributed by atoms with E-state index in [-0.39, 0.29) is 5.41 Å². The molecule has 0 aliphatic heterocycles. The summed E-state index contributed by atoms with van der Waals surface area (Å²) in [6, 6.07) is 9.42. The second kappa shape index (κ2) is 8.23. The third kappa shape index (κ3) is 4.10. The van der Waals surface area contributed by atoms with Gasteiger partial charge in [-0.25, -0.2) is 0 Å². The van der Waals surface area contributed by atoms with Crippen LogP contribution in [0.1, 0.15) is 42.5 Å². The standard InChI is InChI=1S/C20H23ClN2O2S/c1-14-15(21)7-5-8-16(14)23-19(25)18(24)22-13-20(10-3-2-4-11-20)17-9-6-12-26-17/h5-9,12H,2-4,10-11,13H2,1H3,(H,22,24)(H,23,25). The van der Waals surface area contributed by atoms with Crippen molar-refractivity contribution in [2.75, 3.05) is 11.9 Å². The van der Waals surface area contributed by atoms with E-state index in [0.717, 1.165) is 31.2 Å². The van der Waals surface area contributed by atoms with Gasteiger partial charge in [0.1, 0.15) is 0 Å². The van der Waals surface area contributed by atoms with Crippen LogP contribution >= 0.6 is 22.9 Å². The molecule has 0 saturated heterocycles. The van der Waals surface area contributed by atoms with Gasteiger partial charge in [-0.3, -0.25) is 9.59 Å². The predicted molar refractivity (Wildman–Crippen MR) is 107 cm³/mol. The van der Waals surface area contributed by atoms with Crippen molar-refractivity contribution in [2.45, 2.75) is 44.4 Å². The van der Waals surface area contributed by atoms with Crippen LogP contribution in [0, 0.1) is 6.92 Å². The average Bonchev–Trinajstić information content (AvgIpc) is 3.19. The molecule has 2 aromatic rings. The molecule has 4 nitrogen and oxygen atoms in total. The van der Waals surface area contributed by atoms with Gasteiger partial charge in [0.25, 0.3) is 0 Å². The molecule has 1 heterocycles. The van der Waals surface area contributed by atoms with Gasteiger partial charge in [0.2, 0.25) is 0 Å². The average molecular weight is 391 g/mol. The molecule has 0 spiro atoms. The highest BCUT2D eigenvalue weighted by Gasteiger charge is 2.35. The SMILES string of the molecule is Cc1c(Cl)cccc1NC(=O)C(=O)NCC1(c2cccs2)CCCCC1. The van der Waals surface area contributed by atoms with Crippen LogP contribution < -0.4 is 10.6 Å². The van der Waals surface area contributed by atoms with E-state index in [0.29, 0.717) is 17.3 Å². The number of halogens is 1. The Balaban J connectivity index is 1.65. The first-order valence-electron chi connectivity index (χ1n) is 8.90. The van der Waals surface area contributed by atoms with Crippen molar-refractivity contribution in [1.82, 2.24) is 5.32 Å². The third-order valence-corrected chi connectivity index (χ3v) is 6.69. The van der Waals surface area contributed by atoms with Gasteiger partial charge in [0.15, 0.2) is 0 Å². The topological polar surface area (TPSA) is 58.2 Å². The molecule has 0 atom stereocenters. The molecule has 1 aliphatic rings. The summed E-state index contributed by atoms with van der Waals surface area (Å²) in [4.78, 5) is 25.9. The lowest BCUT2D eigenvalue weighted by Crippen LogP contribution is -2.45. The molecule has 1 aliphatic carbocycles. The summed E-state index contributed by atoms with van der Waals surface area (Å²) >= 11 is 7.79. The van der Waals surface area contributed by atoms with E-state index >= 15 is 0 Å². The van der Waals surface area contributed by atoms with Crippen molar-refractivity contribution in [3.05, 3.63) is 51.2 Å². The molecule has 1 aromatic carbocycles. The zero-order chi connectivity index (χ0) is 18.6. The highest BCUT2D eigenvalue weighted by Crippen LogP contribution is 2.41. The predicted octanol–water partition coefficient (Wildman–Crippen LogP) is 4.67. The smallest absolute Gasteiger partial charge is 0.313 e. The Kier molecular flexibility index (Phi) is 5.99. The molecule has 1 saturated carbocycles. The molecule has 26 heavy (non-hydrogen) atoms. The molecule has 6 heteroatoms. The van der Waals surface area contributed by atoms with Crippen LogP contribution in [0.2, 0.25) is 5.02 Å². The minimum atomic E-state index is -0.660. The lowest BCUT2D eigenvalue weighted by Gasteiger charge is -2.36. The van der Waals surface area contributed by atoms with Gasteiger partial charge in [-0.05, 0) is 48.9 Å². The summed E-state index contributed by atoms with van der Waals surface area (Å²) in [5.41, 5.74) is 1.26. The Morgan fingerprint density at radius 2 is 1.88 bits per heavy atom. The molecule has 0 unspecified atom stereocenters. The van der Waals surface area contributed by atoms with E-state index in [1.165, 1.54) is 11.3 Å². The van der Waals surface area contributed by atoms with Crippen molar-refractivity contribution in [3.63, 3.8) is 0 Å². The van der Waals surface area contributed by atoms with Crippen molar-refractivity contribution in [1.29, 1.82) is 0 Å². The number of carbonyl (C=O) groups excluding carboxylic acids is 2. The summed E-state index contributed by atoms with van der Waals surface area (Å²) < 4.78 is 0. The van der Waals surface area contributed by atoms with Crippen LogP contribution in [0.5, 0.6) is 0 Å². The Bertz CT molecular complexity index is 783. The summed E-state index contributed by atoms with van der Waals surface area (Å²) in [6.45, 7) is 2.30. The highest BCUT2D eigenvalue weighted by atomic mass is 35.5. The maximum Gasteiger partial charge on any atom is 0.313 e. The van der Waals surface area contributed by atoms with Gasteiger partial charge in [-0.1, -0.05) is 43.0 Å². The quantitative estimate of drug-likeness (QED) is 0.745. The first-order chi connectivity index (χ1) is 12.5. The Labute approximate surface area is 162 Å². The molecule has 0 radical (unpaired) electrons. The lowest BCUT2D eigenvalue weighted by atomic mass is 9.73. The zero-order valence-corrected chi connectivity index (χ0v) is 16.4. The molecule has 2 amide bonds. The number of benzene rings is 1. The third-order valence-electron chi connectivity index (χ3n) is 5.16. The van der Waals surface area contributed by atoms with Crippen LogP contribution in [-0.4, -0.2) is 18.4 Å². The van der Waals surface area contributed by atoms with E-state index in [2.05, 4.69) is 22.1 Å². The first kappa shape index (κ1) is 18.9. The second-order valence-electron chi connectivity index (χ2n) is 6.87. The van der Waals surface area contributed by atoms with Crippen LogP contribution in [0.4, 0.5) is 5.69 Å². The van der Waals surface area contributed by atoms with Crippen LogP contribution in [0.15, 0.2) is 35.7 Å². The fourth-order valence-corrected chi connectivity index (χ4v) is 4.73. The number of hydrogen-bond donors (Lipinski definition) is 2. The van der Waals surface area contributed by atoms with Gasteiger partial charge in [0, 0.05) is 27.5 Å². The second-order valence-corrected chi connectivity index (χ2v) is 8.22. The van der Waals surface area contributed by atoms with E-state index in [4.69, 9.17) is 11.6 Å². The Hall–Kier alpha value is -1.85. The lowest BCUT2D eigenvalue weighted by molar-refractivity contribution is -0.136. The number of rotatable bonds is 4. The summed E-state index contributed by atoms with van der Waals surface area (Å²) in [6.07, 6.45) is 5.63. The fourth-order valence-electron chi connectivity index (χ4n) is 3.57. The maximum atomic E-state index is 12.3. The van der Waals surface area contributed by atoms with Crippen molar-refractivity contribution < 1.29 is 9.59 Å². The number of carbonyl (C=O) groups is 2. The van der Waals surface area contributed by atoms with Crippen molar-refractivity contribution in [3.8, 4) is 0 Å². The van der Waals surface area contributed by atoms with E-state index in [1.807, 2.05) is 13.0 Å². The number of nitrogens with one attached hydrogen (secondary N) is 2. The number of anilines is 1. The summed E-state index contributed by atoms with van der Waals surface area (Å²) in [5.74, 6) is -1.27. The molecular weight excluding hydrogens is 368 g/mol. The molecular formula is C20H23ClN2O2S. The van der Waals surface area contributed by atoms with Crippen LogP contribution in [-0.2, 0) is 15.0 Å². The zero-order valence-electron chi connectivity index (χ0n) is 14.8. The van der Waals surface area contributed by atoms with E-state index in [9.17, 15) is 9.59 Å². The molecule has 0 bridgehead atoms. The van der Waals surface area contributed by atoms with E-state index in [1.54, 1.807) is 29.5 Å². The van der Waals surface area contributed by atoms with Gasteiger partial charge in [-0.15, -0.1) is 11.3 Å².